The van der Waals surface area contributed by atoms with Crippen molar-refractivity contribution in [2.24, 2.45) is 0 Å². The topological polar surface area (TPSA) is 53.7 Å². The minimum atomic E-state index is -0.743. The molecule has 1 aliphatic heterocycles. The molecule has 0 spiro atoms. The summed E-state index contributed by atoms with van der Waals surface area (Å²) in [5.74, 6) is 0.575. The normalized spacial score (nSPS) is 25.9. The summed E-state index contributed by atoms with van der Waals surface area (Å²) in [6.07, 6.45) is 2.15. The molecule has 4 nitrogen and oxygen atoms in total. The summed E-state index contributed by atoms with van der Waals surface area (Å²) < 4.78 is 5.09. The quantitative estimate of drug-likeness (QED) is 0.755. The molecule has 2 rings (SSSR count). The Labute approximate surface area is 88.5 Å². The Morgan fingerprint density at radius 2 is 2.40 bits per heavy atom. The fourth-order valence-electron chi connectivity index (χ4n) is 1.90. The molecule has 1 aromatic heterocycles. The first kappa shape index (κ1) is 10.2. The first-order valence-electron chi connectivity index (χ1n) is 5.05. The van der Waals surface area contributed by atoms with Crippen molar-refractivity contribution < 1.29 is 14.3 Å². The Kier molecular flexibility index (Phi) is 2.31. The van der Waals surface area contributed by atoms with Gasteiger partial charge >= 0.3 is 0 Å². The number of carbonyl (C=O) groups excluding carboxylic acids is 1. The van der Waals surface area contributed by atoms with Crippen molar-refractivity contribution in [1.29, 1.82) is 0 Å². The molecule has 1 unspecified atom stereocenters. The van der Waals surface area contributed by atoms with Crippen LogP contribution in [0.25, 0.3) is 0 Å². The van der Waals surface area contributed by atoms with Crippen LogP contribution in [0.15, 0.2) is 16.7 Å². The third kappa shape index (κ3) is 1.90. The fraction of sp³-hybridized carbons (Fsp3) is 0.545. The number of rotatable bonds is 1. The van der Waals surface area contributed by atoms with E-state index in [0.29, 0.717) is 30.8 Å². The maximum Gasteiger partial charge on any atom is 0.257 e. The molecule has 1 fully saturated rings. The van der Waals surface area contributed by atoms with Crippen LogP contribution < -0.4 is 0 Å². The first-order chi connectivity index (χ1) is 6.99. The second-order valence-electron chi connectivity index (χ2n) is 4.36. The van der Waals surface area contributed by atoms with Gasteiger partial charge in [0.15, 0.2) is 0 Å². The minimum absolute atomic E-state index is 0.0565. The minimum Gasteiger partial charge on any atom is -0.469 e. The average molecular weight is 209 g/mol. The number of furan rings is 1. The van der Waals surface area contributed by atoms with E-state index in [-0.39, 0.29) is 5.91 Å². The lowest BCUT2D eigenvalue weighted by Crippen LogP contribution is -2.33. The van der Waals surface area contributed by atoms with Gasteiger partial charge < -0.3 is 14.4 Å². The number of likely N-dealkylation sites (tertiary alicyclic amines) is 1. The number of aryl methyl sites for hydroxylation is 1. The fourth-order valence-corrected chi connectivity index (χ4v) is 1.90. The van der Waals surface area contributed by atoms with Crippen molar-refractivity contribution in [1.82, 2.24) is 4.90 Å². The molecule has 82 valence electrons. The van der Waals surface area contributed by atoms with Gasteiger partial charge in [-0.2, -0.15) is 0 Å². The van der Waals surface area contributed by atoms with Gasteiger partial charge in [0.05, 0.1) is 17.4 Å². The van der Waals surface area contributed by atoms with Gasteiger partial charge in [0, 0.05) is 13.1 Å². The van der Waals surface area contributed by atoms with Crippen LogP contribution in [0.5, 0.6) is 0 Å². The average Bonchev–Trinajstić information content (AvgIpc) is 2.71. The summed E-state index contributed by atoms with van der Waals surface area (Å²) in [5, 5.41) is 9.76. The molecule has 0 bridgehead atoms. The molecule has 2 heterocycles. The van der Waals surface area contributed by atoms with Gasteiger partial charge in [0.1, 0.15) is 5.76 Å². The Balaban J connectivity index is 2.14. The standard InChI is InChI=1S/C11H15NO3/c1-8-9(3-6-15-8)10(13)12-5-4-11(2,14)7-12/h3,6,14H,4-5,7H2,1-2H3. The van der Waals surface area contributed by atoms with Crippen molar-refractivity contribution in [3.63, 3.8) is 0 Å². The third-order valence-corrected chi connectivity index (χ3v) is 2.83. The van der Waals surface area contributed by atoms with Gasteiger partial charge in [-0.05, 0) is 26.3 Å². The first-order valence-corrected chi connectivity index (χ1v) is 5.05. The van der Waals surface area contributed by atoms with E-state index >= 15 is 0 Å². The van der Waals surface area contributed by atoms with E-state index in [2.05, 4.69) is 0 Å². The van der Waals surface area contributed by atoms with Crippen LogP contribution in [0, 0.1) is 6.92 Å². The predicted octanol–water partition coefficient (Wildman–Crippen LogP) is 1.18. The summed E-state index contributed by atoms with van der Waals surface area (Å²) in [6.45, 7) is 4.52. The van der Waals surface area contributed by atoms with E-state index in [1.807, 2.05) is 0 Å². The molecule has 1 atom stereocenters. The number of β-amino-alcohol motifs (C(OH)–C–C–N with tert-alkyl or cyclic N) is 1. The summed E-state index contributed by atoms with van der Waals surface area (Å²) in [4.78, 5) is 13.6. The zero-order chi connectivity index (χ0) is 11.1. The van der Waals surface area contributed by atoms with Crippen molar-refractivity contribution in [2.45, 2.75) is 25.9 Å². The molecule has 0 aliphatic carbocycles. The largest absolute Gasteiger partial charge is 0.469 e. The lowest BCUT2D eigenvalue weighted by molar-refractivity contribution is 0.0571. The van der Waals surface area contributed by atoms with E-state index in [0.717, 1.165) is 0 Å². The van der Waals surface area contributed by atoms with Crippen LogP contribution in [0.2, 0.25) is 0 Å². The van der Waals surface area contributed by atoms with E-state index < -0.39 is 5.60 Å². The van der Waals surface area contributed by atoms with E-state index in [9.17, 15) is 9.90 Å². The van der Waals surface area contributed by atoms with Gasteiger partial charge in [-0.15, -0.1) is 0 Å². The SMILES string of the molecule is Cc1occc1C(=O)N1CCC(C)(O)C1. The molecule has 1 N–H and O–H groups in total. The molecular weight excluding hydrogens is 194 g/mol. The van der Waals surface area contributed by atoms with E-state index in [1.165, 1.54) is 6.26 Å². The van der Waals surface area contributed by atoms with Gasteiger partial charge in [0.2, 0.25) is 0 Å². The van der Waals surface area contributed by atoms with Crippen LogP contribution in [0.4, 0.5) is 0 Å². The summed E-state index contributed by atoms with van der Waals surface area (Å²) in [7, 11) is 0. The zero-order valence-corrected chi connectivity index (χ0v) is 8.99. The Morgan fingerprint density at radius 1 is 1.67 bits per heavy atom. The third-order valence-electron chi connectivity index (χ3n) is 2.83. The predicted molar refractivity (Wildman–Crippen MR) is 54.6 cm³/mol. The van der Waals surface area contributed by atoms with Gasteiger partial charge in [-0.1, -0.05) is 0 Å². The molecule has 4 heteroatoms. The van der Waals surface area contributed by atoms with Crippen LogP contribution in [0.3, 0.4) is 0 Å². The summed E-state index contributed by atoms with van der Waals surface area (Å²) >= 11 is 0. The van der Waals surface area contributed by atoms with E-state index in [1.54, 1.807) is 24.8 Å². The number of nitrogens with zero attached hydrogens (tertiary/aromatic N) is 1. The van der Waals surface area contributed by atoms with Crippen molar-refractivity contribution in [2.75, 3.05) is 13.1 Å². The second-order valence-corrected chi connectivity index (χ2v) is 4.36. The molecule has 0 saturated carbocycles. The number of hydrogen-bond donors (Lipinski definition) is 1. The van der Waals surface area contributed by atoms with E-state index in [4.69, 9.17) is 4.42 Å². The molecule has 0 radical (unpaired) electrons. The molecule has 1 aromatic rings. The number of aliphatic hydroxyl groups is 1. The van der Waals surface area contributed by atoms with Crippen LogP contribution in [-0.4, -0.2) is 34.6 Å². The highest BCUT2D eigenvalue weighted by Gasteiger charge is 2.34. The highest BCUT2D eigenvalue weighted by atomic mass is 16.3. The molecule has 15 heavy (non-hydrogen) atoms. The van der Waals surface area contributed by atoms with Crippen LogP contribution in [0.1, 0.15) is 29.5 Å². The highest BCUT2D eigenvalue weighted by molar-refractivity contribution is 5.95. The molecule has 0 aromatic carbocycles. The Hall–Kier alpha value is -1.29. The molecule has 1 aliphatic rings. The van der Waals surface area contributed by atoms with Crippen LogP contribution >= 0.6 is 0 Å². The monoisotopic (exact) mass is 209 g/mol. The number of hydrogen-bond acceptors (Lipinski definition) is 3. The van der Waals surface area contributed by atoms with Gasteiger partial charge in [-0.3, -0.25) is 4.79 Å². The van der Waals surface area contributed by atoms with Gasteiger partial charge in [-0.25, -0.2) is 0 Å². The number of carbonyl (C=O) groups is 1. The van der Waals surface area contributed by atoms with Crippen LogP contribution in [-0.2, 0) is 0 Å². The van der Waals surface area contributed by atoms with Crippen molar-refractivity contribution in [3.05, 3.63) is 23.7 Å². The summed E-state index contributed by atoms with van der Waals surface area (Å²) in [5.41, 5.74) is -0.152. The van der Waals surface area contributed by atoms with Crippen molar-refractivity contribution >= 4 is 5.91 Å². The molecular formula is C11H15NO3. The number of amides is 1. The maximum absolute atomic E-state index is 12.0. The zero-order valence-electron chi connectivity index (χ0n) is 8.99. The smallest absolute Gasteiger partial charge is 0.257 e. The van der Waals surface area contributed by atoms with Crippen molar-refractivity contribution in [3.8, 4) is 0 Å². The Bertz CT molecular complexity index is 381. The Morgan fingerprint density at radius 3 is 2.87 bits per heavy atom. The lowest BCUT2D eigenvalue weighted by atomic mass is 10.1. The highest BCUT2D eigenvalue weighted by Crippen LogP contribution is 2.23. The molecule has 1 amide bonds. The van der Waals surface area contributed by atoms with Gasteiger partial charge in [0.25, 0.3) is 5.91 Å². The second kappa shape index (κ2) is 3.38. The maximum atomic E-state index is 12.0. The summed E-state index contributed by atoms with van der Waals surface area (Å²) in [6, 6.07) is 1.67. The molecule has 1 saturated heterocycles. The lowest BCUT2D eigenvalue weighted by Gasteiger charge is -2.18.